The Morgan fingerprint density at radius 1 is 1.09 bits per heavy atom. The van der Waals surface area contributed by atoms with Crippen LogP contribution in [-0.2, 0) is 9.53 Å². The summed E-state index contributed by atoms with van der Waals surface area (Å²) in [5.41, 5.74) is -2.90. The van der Waals surface area contributed by atoms with Crippen LogP contribution in [-0.4, -0.2) is 63.0 Å². The lowest BCUT2D eigenvalue weighted by molar-refractivity contribution is -0.178. The topological polar surface area (TPSA) is 87.1 Å². The number of likely N-dealkylation sites (tertiary alicyclic amines) is 1. The van der Waals surface area contributed by atoms with E-state index >= 15 is 0 Å². The van der Waals surface area contributed by atoms with E-state index < -0.39 is 28.7 Å². The van der Waals surface area contributed by atoms with Gasteiger partial charge in [0.25, 0.3) is 0 Å². The van der Waals surface area contributed by atoms with Gasteiger partial charge in [0.15, 0.2) is 0 Å². The van der Waals surface area contributed by atoms with Crippen LogP contribution in [0, 0.1) is 5.41 Å². The van der Waals surface area contributed by atoms with Gasteiger partial charge in [-0.15, -0.1) is 0 Å². The molecule has 0 aromatic heterocycles. The highest BCUT2D eigenvalue weighted by Gasteiger charge is 2.57. The van der Waals surface area contributed by atoms with Crippen LogP contribution in [0.1, 0.15) is 46.5 Å². The van der Waals surface area contributed by atoms with Crippen molar-refractivity contribution in [3.05, 3.63) is 0 Å². The minimum absolute atomic E-state index is 0.281. The fourth-order valence-electron chi connectivity index (χ4n) is 3.46. The van der Waals surface area contributed by atoms with Crippen LogP contribution in [0.3, 0.4) is 0 Å². The highest BCUT2D eigenvalue weighted by Crippen LogP contribution is 2.48. The van der Waals surface area contributed by atoms with Crippen molar-refractivity contribution in [1.29, 1.82) is 0 Å². The zero-order valence-electron chi connectivity index (χ0n) is 14.1. The molecule has 0 atom stereocenters. The smallest absolute Gasteiger partial charge is 0.410 e. The Morgan fingerprint density at radius 2 is 1.61 bits per heavy atom. The van der Waals surface area contributed by atoms with Gasteiger partial charge in [0.1, 0.15) is 5.60 Å². The Hall–Kier alpha value is -0.950. The van der Waals surface area contributed by atoms with Gasteiger partial charge in [0.05, 0.1) is 11.0 Å². The normalized spacial score (nSPS) is 24.1. The number of ether oxygens (including phenoxy) is 1. The molecule has 0 aliphatic carbocycles. The number of piperidine rings is 1. The maximum Gasteiger partial charge on any atom is 0.410 e. The van der Waals surface area contributed by atoms with E-state index in [2.05, 4.69) is 0 Å². The number of hydrogen-bond donors (Lipinski definition) is 2. The van der Waals surface area contributed by atoms with Crippen molar-refractivity contribution in [2.24, 2.45) is 5.41 Å². The van der Waals surface area contributed by atoms with Crippen molar-refractivity contribution in [2.45, 2.75) is 57.7 Å². The number of aliphatic hydroxyl groups is 1. The van der Waals surface area contributed by atoms with Crippen LogP contribution >= 0.6 is 11.8 Å². The third kappa shape index (κ3) is 3.76. The molecule has 0 radical (unpaired) electrons. The van der Waals surface area contributed by atoms with Gasteiger partial charge in [-0.25, -0.2) is 4.79 Å². The highest BCUT2D eigenvalue weighted by molar-refractivity contribution is 7.99. The average molecular weight is 345 g/mol. The highest BCUT2D eigenvalue weighted by atomic mass is 32.2. The largest absolute Gasteiger partial charge is 0.481 e. The zero-order valence-corrected chi connectivity index (χ0v) is 14.9. The number of carbonyl (C=O) groups is 2. The van der Waals surface area contributed by atoms with Gasteiger partial charge in [0.2, 0.25) is 0 Å². The Labute approximate surface area is 141 Å². The van der Waals surface area contributed by atoms with Gasteiger partial charge < -0.3 is 19.8 Å². The summed E-state index contributed by atoms with van der Waals surface area (Å²) in [5, 5.41) is 20.8. The van der Waals surface area contributed by atoms with Crippen LogP contribution in [0.4, 0.5) is 4.79 Å². The number of carbonyl (C=O) groups excluding carboxylic acids is 1. The van der Waals surface area contributed by atoms with Crippen LogP contribution in [0.25, 0.3) is 0 Å². The van der Waals surface area contributed by atoms with Gasteiger partial charge in [-0.05, 0) is 58.0 Å². The molecular formula is C16H27NO5S. The van der Waals surface area contributed by atoms with Crippen molar-refractivity contribution >= 4 is 23.8 Å². The molecule has 0 saturated carbocycles. The first-order valence-electron chi connectivity index (χ1n) is 8.11. The van der Waals surface area contributed by atoms with E-state index in [-0.39, 0.29) is 12.8 Å². The van der Waals surface area contributed by atoms with E-state index in [1.54, 1.807) is 16.7 Å². The second-order valence-corrected chi connectivity index (χ2v) is 8.72. The third-order valence-electron chi connectivity index (χ3n) is 4.89. The first-order valence-corrected chi connectivity index (χ1v) is 9.27. The van der Waals surface area contributed by atoms with Crippen LogP contribution in [0.2, 0.25) is 0 Å². The second kappa shape index (κ2) is 6.51. The maximum absolute atomic E-state index is 12.1. The van der Waals surface area contributed by atoms with Crippen molar-refractivity contribution in [1.82, 2.24) is 4.90 Å². The Kier molecular flexibility index (Phi) is 5.21. The number of thioether (sulfide) groups is 1. The van der Waals surface area contributed by atoms with Gasteiger partial charge in [-0.2, -0.15) is 11.8 Å². The van der Waals surface area contributed by atoms with E-state index in [0.717, 1.165) is 11.5 Å². The summed E-state index contributed by atoms with van der Waals surface area (Å²) in [6.45, 7) is 6.08. The number of carboxylic acid groups (broad SMARTS) is 1. The standard InChI is InChI=1S/C16H27NO5S/c1-14(2,3)22-13(20)17-8-4-16(21,5-9-17)15(12(18)19)6-10-23-11-7-15/h21H,4-11H2,1-3H3,(H,18,19). The fourth-order valence-corrected chi connectivity index (χ4v) is 4.65. The molecule has 0 aromatic carbocycles. The SMILES string of the molecule is CC(C)(C)OC(=O)N1CCC(O)(C2(C(=O)O)CCSCC2)CC1. The summed E-state index contributed by atoms with van der Waals surface area (Å²) >= 11 is 1.73. The third-order valence-corrected chi connectivity index (χ3v) is 5.87. The molecule has 2 saturated heterocycles. The van der Waals surface area contributed by atoms with Crippen molar-refractivity contribution in [2.75, 3.05) is 24.6 Å². The lowest BCUT2D eigenvalue weighted by Crippen LogP contribution is -2.60. The van der Waals surface area contributed by atoms with Crippen LogP contribution < -0.4 is 0 Å². The molecule has 0 bridgehead atoms. The lowest BCUT2D eigenvalue weighted by atomic mass is 9.63. The molecule has 23 heavy (non-hydrogen) atoms. The summed E-state index contributed by atoms with van der Waals surface area (Å²) in [4.78, 5) is 25.6. The molecule has 132 valence electrons. The average Bonchev–Trinajstić information content (AvgIpc) is 2.46. The summed E-state index contributed by atoms with van der Waals surface area (Å²) in [6.07, 6.45) is 1.13. The monoisotopic (exact) mass is 345 g/mol. The van der Waals surface area contributed by atoms with Crippen molar-refractivity contribution < 1.29 is 24.5 Å². The van der Waals surface area contributed by atoms with Gasteiger partial charge in [-0.3, -0.25) is 4.79 Å². The summed E-state index contributed by atoms with van der Waals surface area (Å²) in [7, 11) is 0. The quantitative estimate of drug-likeness (QED) is 0.799. The fraction of sp³-hybridized carbons (Fsp3) is 0.875. The Balaban J connectivity index is 2.06. The van der Waals surface area contributed by atoms with Gasteiger partial charge in [-0.1, -0.05) is 0 Å². The summed E-state index contributed by atoms with van der Waals surface area (Å²) in [6, 6.07) is 0. The molecule has 7 heteroatoms. The number of hydrogen-bond acceptors (Lipinski definition) is 5. The molecule has 0 unspecified atom stereocenters. The van der Waals surface area contributed by atoms with Gasteiger partial charge in [0, 0.05) is 13.1 Å². The molecule has 2 fully saturated rings. The zero-order chi connectivity index (χ0) is 17.3. The Bertz CT molecular complexity index is 460. The molecular weight excluding hydrogens is 318 g/mol. The van der Waals surface area contributed by atoms with E-state index in [0.29, 0.717) is 25.9 Å². The summed E-state index contributed by atoms with van der Waals surface area (Å²) in [5.74, 6) is 0.598. The molecule has 2 aliphatic rings. The van der Waals surface area contributed by atoms with Crippen LogP contribution in [0.5, 0.6) is 0 Å². The maximum atomic E-state index is 12.1. The van der Waals surface area contributed by atoms with E-state index in [9.17, 15) is 19.8 Å². The number of amides is 1. The van der Waals surface area contributed by atoms with E-state index in [1.165, 1.54) is 0 Å². The molecule has 2 rings (SSSR count). The predicted octanol–water partition coefficient (Wildman–Crippen LogP) is 2.35. The molecule has 6 nitrogen and oxygen atoms in total. The van der Waals surface area contributed by atoms with Crippen molar-refractivity contribution in [3.63, 3.8) is 0 Å². The number of nitrogens with zero attached hydrogens (tertiary/aromatic N) is 1. The first-order chi connectivity index (χ1) is 10.6. The number of aliphatic carboxylic acids is 1. The minimum Gasteiger partial charge on any atom is -0.481 e. The molecule has 2 N–H and O–H groups in total. The van der Waals surface area contributed by atoms with E-state index in [1.807, 2.05) is 20.8 Å². The van der Waals surface area contributed by atoms with Crippen LogP contribution in [0.15, 0.2) is 0 Å². The first kappa shape index (κ1) is 18.4. The molecule has 0 aromatic rings. The molecule has 1 amide bonds. The molecule has 0 spiro atoms. The van der Waals surface area contributed by atoms with Gasteiger partial charge >= 0.3 is 12.1 Å². The molecule has 2 aliphatic heterocycles. The lowest BCUT2D eigenvalue weighted by Gasteiger charge is -2.50. The second-order valence-electron chi connectivity index (χ2n) is 7.50. The summed E-state index contributed by atoms with van der Waals surface area (Å²) < 4.78 is 5.35. The van der Waals surface area contributed by atoms with E-state index in [4.69, 9.17) is 4.74 Å². The number of carboxylic acids is 1. The van der Waals surface area contributed by atoms with Crippen molar-refractivity contribution in [3.8, 4) is 0 Å². The number of rotatable bonds is 2. The predicted molar refractivity (Wildman–Crippen MR) is 88.6 cm³/mol. The minimum atomic E-state index is -1.25. The molecule has 2 heterocycles. The Morgan fingerprint density at radius 3 is 2.04 bits per heavy atom.